The summed E-state index contributed by atoms with van der Waals surface area (Å²) in [4.78, 5) is 20.9. The molecule has 0 saturated carbocycles. The minimum atomic E-state index is -0.0786. The number of para-hydroxylation sites is 2. The number of likely N-dealkylation sites (tertiary alicyclic amines) is 1. The average molecular weight is 443 g/mol. The molecule has 4 rings (SSSR count). The number of hydrogen-bond acceptors (Lipinski definition) is 4. The first-order chi connectivity index (χ1) is 16.0. The predicted molar refractivity (Wildman–Crippen MR) is 134 cm³/mol. The van der Waals surface area contributed by atoms with Crippen LogP contribution < -0.4 is 5.56 Å². The molecule has 1 aromatic heterocycles. The van der Waals surface area contributed by atoms with E-state index in [1.165, 1.54) is 19.3 Å². The molecule has 1 aliphatic heterocycles. The number of nitrogens with zero attached hydrogens (tertiary/aromatic N) is 4. The molecule has 0 unspecified atom stereocenters. The molecule has 0 aliphatic carbocycles. The van der Waals surface area contributed by atoms with E-state index in [0.717, 1.165) is 48.0 Å². The van der Waals surface area contributed by atoms with Crippen LogP contribution in [0.1, 0.15) is 63.5 Å². The summed E-state index contributed by atoms with van der Waals surface area (Å²) in [6.45, 7) is 8.47. The van der Waals surface area contributed by atoms with E-state index in [1.54, 1.807) is 12.1 Å². The number of nitriles is 1. The highest BCUT2D eigenvalue weighted by Crippen LogP contribution is 2.24. The van der Waals surface area contributed by atoms with Crippen molar-refractivity contribution in [3.8, 4) is 17.3 Å². The van der Waals surface area contributed by atoms with Gasteiger partial charge in [-0.15, -0.1) is 0 Å². The van der Waals surface area contributed by atoms with E-state index in [4.69, 9.17) is 4.98 Å². The number of unbranched alkanes of at least 4 members (excludes halogenated alkanes) is 2. The molecule has 1 fully saturated rings. The molecule has 3 aromatic rings. The maximum Gasteiger partial charge on any atom is 0.277 e. The monoisotopic (exact) mass is 442 g/mol. The Hall–Kier alpha value is -2.97. The van der Waals surface area contributed by atoms with Crippen LogP contribution in [0.4, 0.5) is 0 Å². The fourth-order valence-corrected chi connectivity index (χ4v) is 5.19. The van der Waals surface area contributed by atoms with E-state index >= 15 is 0 Å². The molecule has 0 amide bonds. The molecule has 33 heavy (non-hydrogen) atoms. The maximum absolute atomic E-state index is 13.5. The molecule has 2 aromatic carbocycles. The lowest BCUT2D eigenvalue weighted by atomic mass is 9.97. The highest BCUT2D eigenvalue weighted by molar-refractivity contribution is 5.78. The van der Waals surface area contributed by atoms with E-state index in [0.29, 0.717) is 29.9 Å². The molecule has 172 valence electrons. The van der Waals surface area contributed by atoms with Crippen molar-refractivity contribution in [3.63, 3.8) is 0 Å². The van der Waals surface area contributed by atoms with Gasteiger partial charge in [0.15, 0.2) is 0 Å². The first-order valence-corrected chi connectivity index (χ1v) is 12.3. The van der Waals surface area contributed by atoms with Crippen molar-refractivity contribution in [3.05, 3.63) is 63.9 Å². The van der Waals surface area contributed by atoms with Crippen molar-refractivity contribution in [1.29, 1.82) is 5.26 Å². The largest absolute Gasteiger partial charge is 0.305 e. The molecule has 1 saturated heterocycles. The minimum Gasteiger partial charge on any atom is -0.305 e. The van der Waals surface area contributed by atoms with Gasteiger partial charge in [-0.05, 0) is 82.8 Å². The lowest BCUT2D eigenvalue weighted by molar-refractivity contribution is 0.101. The Morgan fingerprint density at radius 3 is 2.52 bits per heavy atom. The number of hydrogen-bond donors (Lipinski definition) is 0. The molecule has 0 bridgehead atoms. The van der Waals surface area contributed by atoms with Crippen LogP contribution in [0.15, 0.2) is 47.3 Å². The van der Waals surface area contributed by atoms with Crippen LogP contribution in [0, 0.1) is 18.3 Å². The Balaban J connectivity index is 1.54. The topological polar surface area (TPSA) is 61.9 Å². The number of rotatable bonds is 7. The zero-order valence-electron chi connectivity index (χ0n) is 20.1. The van der Waals surface area contributed by atoms with Gasteiger partial charge in [0.2, 0.25) is 0 Å². The molecule has 5 nitrogen and oxygen atoms in total. The Bertz CT molecular complexity index is 1210. The quantitative estimate of drug-likeness (QED) is 0.442. The molecule has 0 radical (unpaired) electrons. The second kappa shape index (κ2) is 10.3. The van der Waals surface area contributed by atoms with Crippen LogP contribution in [0.5, 0.6) is 0 Å². The van der Waals surface area contributed by atoms with E-state index < -0.39 is 0 Å². The highest BCUT2D eigenvalue weighted by atomic mass is 16.1. The van der Waals surface area contributed by atoms with Gasteiger partial charge in [-0.1, -0.05) is 31.0 Å². The standard InChI is InChI=1S/C28H34N4O/c1-20-14-15-23(19-29)18-24(20)27-28(33)32(26-13-6-5-12-25(26)30-27)17-8-4-7-16-31-21(2)10-9-11-22(31)3/h5-6,12-15,18,21-22H,4,7-11,16-17H2,1-3H3/t21-,22+. The third-order valence-corrected chi connectivity index (χ3v) is 7.15. The van der Waals surface area contributed by atoms with E-state index in [9.17, 15) is 10.1 Å². The van der Waals surface area contributed by atoms with Crippen molar-refractivity contribution >= 4 is 11.0 Å². The molecular formula is C28H34N4O. The molecule has 1 aliphatic rings. The van der Waals surface area contributed by atoms with E-state index in [-0.39, 0.29) is 5.56 Å². The summed E-state index contributed by atoms with van der Waals surface area (Å²) in [6, 6.07) is 16.8. The second-order valence-corrected chi connectivity index (χ2v) is 9.47. The normalized spacial score (nSPS) is 19.0. The lowest BCUT2D eigenvalue weighted by Crippen LogP contribution is -2.44. The van der Waals surface area contributed by atoms with Gasteiger partial charge < -0.3 is 4.57 Å². The van der Waals surface area contributed by atoms with Crippen molar-refractivity contribution in [2.24, 2.45) is 0 Å². The lowest BCUT2D eigenvalue weighted by Gasteiger charge is -2.39. The summed E-state index contributed by atoms with van der Waals surface area (Å²) in [5, 5.41) is 9.33. The minimum absolute atomic E-state index is 0.0786. The van der Waals surface area contributed by atoms with Gasteiger partial charge in [-0.25, -0.2) is 4.98 Å². The first-order valence-electron chi connectivity index (χ1n) is 12.3. The second-order valence-electron chi connectivity index (χ2n) is 9.47. The van der Waals surface area contributed by atoms with Gasteiger partial charge in [0.1, 0.15) is 5.69 Å². The summed E-state index contributed by atoms with van der Waals surface area (Å²) < 4.78 is 1.88. The van der Waals surface area contributed by atoms with Gasteiger partial charge in [-0.3, -0.25) is 9.69 Å². The van der Waals surface area contributed by atoms with E-state index in [1.807, 2.05) is 41.8 Å². The summed E-state index contributed by atoms with van der Waals surface area (Å²) in [5.41, 5.74) is 4.27. The third kappa shape index (κ3) is 5.02. The Morgan fingerprint density at radius 1 is 1.03 bits per heavy atom. The van der Waals surface area contributed by atoms with Gasteiger partial charge >= 0.3 is 0 Å². The Labute approximate surface area is 196 Å². The maximum atomic E-state index is 13.5. The van der Waals surface area contributed by atoms with Crippen LogP contribution in [0.3, 0.4) is 0 Å². The Morgan fingerprint density at radius 2 is 1.76 bits per heavy atom. The molecule has 0 spiro atoms. The van der Waals surface area contributed by atoms with Gasteiger partial charge in [0, 0.05) is 24.2 Å². The fraction of sp³-hybridized carbons (Fsp3) is 0.464. The zero-order valence-corrected chi connectivity index (χ0v) is 20.1. The fourth-order valence-electron chi connectivity index (χ4n) is 5.19. The predicted octanol–water partition coefficient (Wildman–Crippen LogP) is 5.68. The van der Waals surface area contributed by atoms with Crippen molar-refractivity contribution in [2.45, 2.75) is 77.9 Å². The first kappa shape index (κ1) is 23.2. The zero-order chi connectivity index (χ0) is 23.4. The summed E-state index contributed by atoms with van der Waals surface area (Å²) >= 11 is 0. The average Bonchev–Trinajstić information content (AvgIpc) is 2.82. The van der Waals surface area contributed by atoms with Gasteiger partial charge in [0.25, 0.3) is 5.56 Å². The molecule has 2 atom stereocenters. The molecule has 0 N–H and O–H groups in total. The van der Waals surface area contributed by atoms with E-state index in [2.05, 4.69) is 24.8 Å². The molecule has 2 heterocycles. The smallest absolute Gasteiger partial charge is 0.277 e. The SMILES string of the molecule is Cc1ccc(C#N)cc1-c1nc2ccccc2n(CCCCCN2[C@H](C)CCC[C@@H]2C)c1=O. The van der Waals surface area contributed by atoms with Crippen LogP contribution in [0.2, 0.25) is 0 Å². The van der Waals surface area contributed by atoms with Gasteiger partial charge in [0.05, 0.1) is 22.7 Å². The molecule has 5 heteroatoms. The van der Waals surface area contributed by atoms with Crippen LogP contribution in [-0.4, -0.2) is 33.1 Å². The summed E-state index contributed by atoms with van der Waals surface area (Å²) in [7, 11) is 0. The number of benzene rings is 2. The van der Waals surface area contributed by atoms with Crippen LogP contribution in [-0.2, 0) is 6.54 Å². The van der Waals surface area contributed by atoms with Crippen molar-refractivity contribution in [2.75, 3.05) is 6.54 Å². The van der Waals surface area contributed by atoms with Crippen molar-refractivity contribution in [1.82, 2.24) is 14.5 Å². The summed E-state index contributed by atoms with van der Waals surface area (Å²) in [6.07, 6.45) is 7.16. The van der Waals surface area contributed by atoms with Crippen LogP contribution >= 0.6 is 0 Å². The number of piperidine rings is 1. The number of aryl methyl sites for hydroxylation is 2. The van der Waals surface area contributed by atoms with Crippen molar-refractivity contribution < 1.29 is 0 Å². The molecular weight excluding hydrogens is 408 g/mol. The summed E-state index contributed by atoms with van der Waals surface area (Å²) in [5.74, 6) is 0. The number of aromatic nitrogens is 2. The highest BCUT2D eigenvalue weighted by Gasteiger charge is 2.23. The Kier molecular flexibility index (Phi) is 7.25. The number of fused-ring (bicyclic) bond motifs is 1. The van der Waals surface area contributed by atoms with Crippen LogP contribution in [0.25, 0.3) is 22.3 Å². The third-order valence-electron chi connectivity index (χ3n) is 7.15. The van der Waals surface area contributed by atoms with Gasteiger partial charge in [-0.2, -0.15) is 5.26 Å².